The van der Waals surface area contributed by atoms with E-state index in [9.17, 15) is 8.42 Å². The molecule has 0 N–H and O–H groups in total. The summed E-state index contributed by atoms with van der Waals surface area (Å²) in [4.78, 5) is 6.36. The minimum absolute atomic E-state index is 0.147. The van der Waals surface area contributed by atoms with Gasteiger partial charge in [-0.3, -0.25) is 0 Å². The van der Waals surface area contributed by atoms with Crippen LogP contribution in [0, 0.1) is 0 Å². The number of alkyl halides is 1. The Bertz CT molecular complexity index is 455. The minimum Gasteiger partial charge on any atom is -0.345 e. The van der Waals surface area contributed by atoms with Gasteiger partial charge >= 0.3 is 0 Å². The number of piperazine rings is 1. The molecular weight excluding hydrogens is 294 g/mol. The molecule has 0 atom stereocenters. The third-order valence-corrected chi connectivity index (χ3v) is 5.91. The van der Waals surface area contributed by atoms with E-state index >= 15 is 0 Å². The molecule has 2 heterocycles. The zero-order valence-corrected chi connectivity index (χ0v) is 12.3. The van der Waals surface area contributed by atoms with Crippen LogP contribution in [0.5, 0.6) is 0 Å². The van der Waals surface area contributed by atoms with Gasteiger partial charge in [-0.25, -0.2) is 13.4 Å². The van der Waals surface area contributed by atoms with Crippen LogP contribution in [0.1, 0.15) is 6.42 Å². The van der Waals surface area contributed by atoms with Gasteiger partial charge in [0.2, 0.25) is 10.0 Å². The van der Waals surface area contributed by atoms with E-state index in [1.165, 1.54) is 0 Å². The Morgan fingerprint density at radius 1 is 1.33 bits per heavy atom. The van der Waals surface area contributed by atoms with Crippen molar-refractivity contribution in [2.45, 2.75) is 6.42 Å². The summed E-state index contributed by atoms with van der Waals surface area (Å²) in [6.07, 6.45) is 2.28. The lowest BCUT2D eigenvalue weighted by molar-refractivity contribution is 0.384. The lowest BCUT2D eigenvalue weighted by Crippen LogP contribution is -2.49. The van der Waals surface area contributed by atoms with E-state index < -0.39 is 10.0 Å². The maximum absolute atomic E-state index is 12.0. The molecule has 1 saturated heterocycles. The van der Waals surface area contributed by atoms with Crippen LogP contribution in [-0.4, -0.2) is 55.5 Å². The summed E-state index contributed by atoms with van der Waals surface area (Å²) in [5.41, 5.74) is 0. The number of hydrogen-bond donors (Lipinski definition) is 0. The standard InChI is InChI=1S/C10H16ClN3O2S2/c11-2-1-9-18(15,16)14-6-4-13(5-7-14)10-12-3-8-17-10/h3,8H,1-2,4-7,9H2. The molecule has 1 aromatic rings. The summed E-state index contributed by atoms with van der Waals surface area (Å²) in [6.45, 7) is 2.47. The normalized spacial score (nSPS) is 18.2. The summed E-state index contributed by atoms with van der Waals surface area (Å²) < 4.78 is 25.5. The average Bonchev–Trinajstić information content (AvgIpc) is 2.90. The fourth-order valence-corrected chi connectivity index (χ4v) is 4.37. The van der Waals surface area contributed by atoms with Crippen molar-refractivity contribution in [3.8, 4) is 0 Å². The number of rotatable bonds is 5. The van der Waals surface area contributed by atoms with E-state index in [1.54, 1.807) is 21.8 Å². The molecule has 1 aliphatic heterocycles. The second kappa shape index (κ2) is 6.18. The van der Waals surface area contributed by atoms with Crippen molar-refractivity contribution >= 4 is 38.1 Å². The molecule has 0 aromatic carbocycles. The predicted octanol–water partition coefficient (Wildman–Crippen LogP) is 1.22. The third kappa shape index (κ3) is 3.34. The van der Waals surface area contributed by atoms with Crippen molar-refractivity contribution in [3.63, 3.8) is 0 Å². The Morgan fingerprint density at radius 3 is 2.61 bits per heavy atom. The fraction of sp³-hybridized carbons (Fsp3) is 0.700. The molecular formula is C10H16ClN3O2S2. The molecule has 1 aliphatic rings. The van der Waals surface area contributed by atoms with E-state index in [0.29, 0.717) is 38.5 Å². The molecule has 0 spiro atoms. The Labute approximate surface area is 116 Å². The van der Waals surface area contributed by atoms with Crippen molar-refractivity contribution in [2.75, 3.05) is 42.7 Å². The second-order valence-corrected chi connectivity index (χ2v) is 7.40. The van der Waals surface area contributed by atoms with Crippen LogP contribution >= 0.6 is 22.9 Å². The summed E-state index contributed by atoms with van der Waals surface area (Å²) >= 11 is 7.12. The zero-order valence-electron chi connectivity index (χ0n) is 9.96. The predicted molar refractivity (Wildman–Crippen MR) is 75.0 cm³/mol. The fourth-order valence-electron chi connectivity index (χ4n) is 1.90. The van der Waals surface area contributed by atoms with Crippen LogP contribution in [0.15, 0.2) is 11.6 Å². The molecule has 0 saturated carbocycles. The molecule has 2 rings (SSSR count). The molecule has 102 valence electrons. The zero-order chi connectivity index (χ0) is 13.0. The minimum atomic E-state index is -3.13. The molecule has 1 fully saturated rings. The molecule has 0 bridgehead atoms. The first-order valence-electron chi connectivity index (χ1n) is 5.82. The van der Waals surface area contributed by atoms with Crippen molar-refractivity contribution in [3.05, 3.63) is 11.6 Å². The second-order valence-electron chi connectivity index (χ2n) is 4.06. The van der Waals surface area contributed by atoms with Gasteiger partial charge in [0.1, 0.15) is 0 Å². The number of nitrogens with zero attached hydrogens (tertiary/aromatic N) is 3. The number of thiazole rings is 1. The molecule has 5 nitrogen and oxygen atoms in total. The lowest BCUT2D eigenvalue weighted by Gasteiger charge is -2.33. The largest absolute Gasteiger partial charge is 0.345 e. The molecule has 1 aromatic heterocycles. The first-order chi connectivity index (χ1) is 8.63. The number of hydrogen-bond acceptors (Lipinski definition) is 5. The van der Waals surface area contributed by atoms with Crippen LogP contribution in [0.2, 0.25) is 0 Å². The monoisotopic (exact) mass is 309 g/mol. The SMILES string of the molecule is O=S(=O)(CCCCl)N1CCN(c2nccs2)CC1. The Hall–Kier alpha value is -0.370. The Kier molecular flexibility index (Phi) is 4.83. The van der Waals surface area contributed by atoms with E-state index in [-0.39, 0.29) is 5.75 Å². The number of halogens is 1. The number of aromatic nitrogens is 1. The van der Waals surface area contributed by atoms with Crippen molar-refractivity contribution in [1.29, 1.82) is 0 Å². The highest BCUT2D eigenvalue weighted by Crippen LogP contribution is 2.20. The molecule has 18 heavy (non-hydrogen) atoms. The Balaban J connectivity index is 1.90. The quantitative estimate of drug-likeness (QED) is 0.768. The highest BCUT2D eigenvalue weighted by molar-refractivity contribution is 7.89. The molecule has 0 radical (unpaired) electrons. The molecule has 0 unspecified atom stereocenters. The van der Waals surface area contributed by atoms with Gasteiger partial charge in [0, 0.05) is 43.6 Å². The van der Waals surface area contributed by atoms with Gasteiger partial charge < -0.3 is 4.90 Å². The van der Waals surface area contributed by atoms with E-state index in [1.807, 2.05) is 5.38 Å². The van der Waals surface area contributed by atoms with Gasteiger partial charge in [-0.15, -0.1) is 22.9 Å². The highest BCUT2D eigenvalue weighted by Gasteiger charge is 2.27. The smallest absolute Gasteiger partial charge is 0.214 e. The maximum Gasteiger partial charge on any atom is 0.214 e. The summed E-state index contributed by atoms with van der Waals surface area (Å²) in [7, 11) is -3.13. The highest BCUT2D eigenvalue weighted by atomic mass is 35.5. The molecule has 0 aliphatic carbocycles. The van der Waals surface area contributed by atoms with E-state index in [0.717, 1.165) is 5.13 Å². The van der Waals surface area contributed by atoms with E-state index in [4.69, 9.17) is 11.6 Å². The third-order valence-electron chi connectivity index (χ3n) is 2.86. The first-order valence-corrected chi connectivity index (χ1v) is 8.84. The van der Waals surface area contributed by atoms with Crippen LogP contribution in [0.4, 0.5) is 5.13 Å². The van der Waals surface area contributed by atoms with Gasteiger partial charge in [-0.2, -0.15) is 4.31 Å². The van der Waals surface area contributed by atoms with Gasteiger partial charge in [0.25, 0.3) is 0 Å². The summed E-state index contributed by atoms with van der Waals surface area (Å²) in [5, 5.41) is 2.90. The molecule has 0 amide bonds. The van der Waals surface area contributed by atoms with Gasteiger partial charge in [-0.1, -0.05) is 0 Å². The van der Waals surface area contributed by atoms with Gasteiger partial charge in [0.05, 0.1) is 5.75 Å². The van der Waals surface area contributed by atoms with Crippen molar-refractivity contribution in [1.82, 2.24) is 9.29 Å². The van der Waals surface area contributed by atoms with Crippen LogP contribution < -0.4 is 4.90 Å². The van der Waals surface area contributed by atoms with Gasteiger partial charge in [-0.05, 0) is 6.42 Å². The van der Waals surface area contributed by atoms with Crippen molar-refractivity contribution < 1.29 is 8.42 Å². The molecule has 8 heteroatoms. The summed E-state index contributed by atoms with van der Waals surface area (Å²) in [5.74, 6) is 0.534. The van der Waals surface area contributed by atoms with Crippen LogP contribution in [0.3, 0.4) is 0 Å². The van der Waals surface area contributed by atoms with Gasteiger partial charge in [0.15, 0.2) is 5.13 Å². The first kappa shape index (κ1) is 14.0. The lowest BCUT2D eigenvalue weighted by atomic mass is 10.4. The number of anilines is 1. The van der Waals surface area contributed by atoms with E-state index in [2.05, 4.69) is 9.88 Å². The summed E-state index contributed by atoms with van der Waals surface area (Å²) in [6, 6.07) is 0. The maximum atomic E-state index is 12.0. The van der Waals surface area contributed by atoms with Crippen molar-refractivity contribution in [2.24, 2.45) is 0 Å². The average molecular weight is 310 g/mol. The van der Waals surface area contributed by atoms with Crippen LogP contribution in [-0.2, 0) is 10.0 Å². The Morgan fingerprint density at radius 2 is 2.06 bits per heavy atom. The van der Waals surface area contributed by atoms with Crippen LogP contribution in [0.25, 0.3) is 0 Å². The number of sulfonamides is 1. The topological polar surface area (TPSA) is 53.5 Å².